The van der Waals surface area contributed by atoms with Crippen molar-refractivity contribution in [3.8, 4) is 16.9 Å². The van der Waals surface area contributed by atoms with Gasteiger partial charge in [-0.05, 0) is 37.1 Å². The highest BCUT2D eigenvalue weighted by Gasteiger charge is 2.20. The predicted molar refractivity (Wildman–Crippen MR) is 89.7 cm³/mol. The monoisotopic (exact) mass is 300 g/mol. The highest BCUT2D eigenvalue weighted by atomic mass is 32.2. The quantitative estimate of drug-likeness (QED) is 0.794. The van der Waals surface area contributed by atoms with E-state index in [9.17, 15) is 4.79 Å². The first-order valence-electron chi connectivity index (χ1n) is 6.94. The Bertz CT molecular complexity index is 588. The molecule has 0 amide bonds. The highest BCUT2D eigenvalue weighted by Crippen LogP contribution is 2.26. The van der Waals surface area contributed by atoms with E-state index in [4.69, 9.17) is 4.74 Å². The maximum atomic E-state index is 11.1. The lowest BCUT2D eigenvalue weighted by atomic mass is 10.1. The van der Waals surface area contributed by atoms with Crippen LogP contribution in [0.1, 0.15) is 20.8 Å². The minimum absolute atomic E-state index is 0.117. The average Bonchev–Trinajstić information content (AvgIpc) is 2.47. The Balaban J connectivity index is 2.04. The first-order valence-corrected chi connectivity index (χ1v) is 7.93. The van der Waals surface area contributed by atoms with E-state index in [-0.39, 0.29) is 10.7 Å². The van der Waals surface area contributed by atoms with E-state index in [0.29, 0.717) is 5.75 Å². The van der Waals surface area contributed by atoms with Crippen LogP contribution in [0.2, 0.25) is 0 Å². The number of hydrogen-bond acceptors (Lipinski definition) is 3. The summed E-state index contributed by atoms with van der Waals surface area (Å²) in [5.74, 6) is 1.46. The molecule has 2 rings (SSSR count). The van der Waals surface area contributed by atoms with Gasteiger partial charge in [-0.3, -0.25) is 4.79 Å². The minimum Gasteiger partial charge on any atom is -0.487 e. The van der Waals surface area contributed by atoms with Crippen molar-refractivity contribution in [2.45, 2.75) is 26.4 Å². The maximum Gasteiger partial charge on any atom is 0.186 e. The molecule has 0 atom stereocenters. The third-order valence-electron chi connectivity index (χ3n) is 2.98. The number of carbonyl (C=O) groups excluding carboxylic acids is 1. The summed E-state index contributed by atoms with van der Waals surface area (Å²) in [5.41, 5.74) is 1.99. The fourth-order valence-electron chi connectivity index (χ4n) is 1.97. The maximum absolute atomic E-state index is 11.1. The second-order valence-electron chi connectivity index (χ2n) is 5.53. The summed E-state index contributed by atoms with van der Waals surface area (Å²) in [6, 6.07) is 18.3. The zero-order valence-corrected chi connectivity index (χ0v) is 13.4. The number of hydrogen-bond donors (Lipinski definition) is 0. The van der Waals surface area contributed by atoms with Crippen molar-refractivity contribution in [2.75, 3.05) is 5.75 Å². The van der Waals surface area contributed by atoms with Gasteiger partial charge in [-0.15, -0.1) is 0 Å². The zero-order chi connectivity index (χ0) is 15.3. The van der Waals surface area contributed by atoms with Gasteiger partial charge in [-0.1, -0.05) is 54.2 Å². The molecule has 0 saturated heterocycles. The molecule has 0 aliphatic heterocycles. The van der Waals surface area contributed by atoms with E-state index < -0.39 is 0 Å². The molecule has 0 N–H and O–H groups in total. The number of ether oxygens (including phenoxy) is 1. The Labute approximate surface area is 130 Å². The van der Waals surface area contributed by atoms with Gasteiger partial charge in [-0.2, -0.15) is 0 Å². The topological polar surface area (TPSA) is 26.3 Å². The zero-order valence-electron chi connectivity index (χ0n) is 12.6. The van der Waals surface area contributed by atoms with Gasteiger partial charge in [-0.25, -0.2) is 0 Å². The van der Waals surface area contributed by atoms with Crippen LogP contribution in [0.25, 0.3) is 11.1 Å². The van der Waals surface area contributed by atoms with Crippen molar-refractivity contribution in [3.63, 3.8) is 0 Å². The van der Waals surface area contributed by atoms with Crippen LogP contribution in [-0.2, 0) is 4.79 Å². The van der Waals surface area contributed by atoms with Gasteiger partial charge in [0.2, 0.25) is 0 Å². The number of carbonyl (C=O) groups is 1. The molecule has 0 aliphatic rings. The summed E-state index contributed by atoms with van der Waals surface area (Å²) in [7, 11) is 0. The van der Waals surface area contributed by atoms with Crippen LogP contribution in [0, 0.1) is 0 Å². The SMILES string of the molecule is CC(=O)SCC(C)(C)Oc1ccc(-c2ccccc2)cc1. The molecule has 0 aliphatic carbocycles. The molecule has 0 radical (unpaired) electrons. The van der Waals surface area contributed by atoms with Crippen molar-refractivity contribution in [3.05, 3.63) is 54.6 Å². The van der Waals surface area contributed by atoms with E-state index >= 15 is 0 Å². The van der Waals surface area contributed by atoms with Gasteiger partial charge in [0.25, 0.3) is 0 Å². The minimum atomic E-state index is -0.370. The summed E-state index contributed by atoms with van der Waals surface area (Å²) in [5, 5.41) is 0.117. The lowest BCUT2D eigenvalue weighted by Gasteiger charge is -2.25. The van der Waals surface area contributed by atoms with E-state index in [1.54, 1.807) is 6.92 Å². The summed E-state index contributed by atoms with van der Waals surface area (Å²) < 4.78 is 5.97. The molecule has 0 saturated carbocycles. The van der Waals surface area contributed by atoms with Gasteiger partial charge in [0.15, 0.2) is 5.12 Å². The Morgan fingerprint density at radius 1 is 1.00 bits per heavy atom. The molecule has 21 heavy (non-hydrogen) atoms. The second kappa shape index (κ2) is 6.81. The first kappa shape index (κ1) is 15.6. The third-order valence-corrected chi connectivity index (χ3v) is 4.22. The molecule has 2 aromatic rings. The highest BCUT2D eigenvalue weighted by molar-refractivity contribution is 8.13. The molecule has 0 heterocycles. The summed E-state index contributed by atoms with van der Waals surface area (Å²) in [6.45, 7) is 5.57. The normalized spacial score (nSPS) is 11.2. The fourth-order valence-corrected chi connectivity index (χ4v) is 2.58. The van der Waals surface area contributed by atoms with Gasteiger partial charge in [0.1, 0.15) is 11.4 Å². The lowest BCUT2D eigenvalue weighted by molar-refractivity contribution is -0.109. The molecular formula is C18H20O2S. The molecule has 0 spiro atoms. The average molecular weight is 300 g/mol. The van der Waals surface area contributed by atoms with E-state index in [2.05, 4.69) is 24.3 Å². The molecule has 110 valence electrons. The van der Waals surface area contributed by atoms with Crippen LogP contribution >= 0.6 is 11.8 Å². The van der Waals surface area contributed by atoms with Crippen molar-refractivity contribution >= 4 is 16.9 Å². The van der Waals surface area contributed by atoms with Gasteiger partial charge in [0, 0.05) is 12.7 Å². The Morgan fingerprint density at radius 3 is 2.14 bits per heavy atom. The summed E-state index contributed by atoms with van der Waals surface area (Å²) >= 11 is 1.29. The number of benzene rings is 2. The largest absolute Gasteiger partial charge is 0.487 e. The number of rotatable bonds is 5. The molecule has 0 unspecified atom stereocenters. The lowest BCUT2D eigenvalue weighted by Crippen LogP contribution is -2.31. The second-order valence-corrected chi connectivity index (χ2v) is 6.68. The first-order chi connectivity index (χ1) is 9.96. The van der Waals surface area contributed by atoms with Crippen molar-refractivity contribution in [2.24, 2.45) is 0 Å². The standard InChI is InChI=1S/C18H20O2S/c1-14(19)21-13-18(2,3)20-17-11-9-16(10-12-17)15-7-5-4-6-8-15/h4-12H,13H2,1-3H3. The van der Waals surface area contributed by atoms with Gasteiger partial charge < -0.3 is 4.74 Å². The Hall–Kier alpha value is -1.74. The molecule has 0 fully saturated rings. The van der Waals surface area contributed by atoms with Gasteiger partial charge >= 0.3 is 0 Å². The van der Waals surface area contributed by atoms with Gasteiger partial charge in [0.05, 0.1) is 0 Å². The van der Waals surface area contributed by atoms with Crippen LogP contribution in [0.5, 0.6) is 5.75 Å². The smallest absolute Gasteiger partial charge is 0.186 e. The number of thioether (sulfide) groups is 1. The summed E-state index contributed by atoms with van der Waals surface area (Å²) in [4.78, 5) is 11.1. The van der Waals surface area contributed by atoms with Crippen LogP contribution < -0.4 is 4.74 Å². The summed E-state index contributed by atoms with van der Waals surface area (Å²) in [6.07, 6.45) is 0. The fraction of sp³-hybridized carbons (Fsp3) is 0.278. The van der Waals surface area contributed by atoms with Crippen LogP contribution in [0.4, 0.5) is 0 Å². The molecule has 3 heteroatoms. The van der Waals surface area contributed by atoms with E-state index in [0.717, 1.165) is 5.75 Å². The van der Waals surface area contributed by atoms with Crippen LogP contribution in [0.15, 0.2) is 54.6 Å². The molecule has 0 bridgehead atoms. The molecule has 0 aromatic heterocycles. The van der Waals surface area contributed by atoms with E-state index in [1.807, 2.05) is 44.2 Å². The molecule has 2 nitrogen and oxygen atoms in total. The predicted octanol–water partition coefficient (Wildman–Crippen LogP) is 4.79. The Morgan fingerprint density at radius 2 is 1.57 bits per heavy atom. The van der Waals surface area contributed by atoms with Crippen molar-refractivity contribution < 1.29 is 9.53 Å². The van der Waals surface area contributed by atoms with Crippen LogP contribution in [0.3, 0.4) is 0 Å². The van der Waals surface area contributed by atoms with Crippen LogP contribution in [-0.4, -0.2) is 16.5 Å². The van der Waals surface area contributed by atoms with E-state index in [1.165, 1.54) is 22.9 Å². The third kappa shape index (κ3) is 4.94. The van der Waals surface area contributed by atoms with Crippen molar-refractivity contribution in [1.82, 2.24) is 0 Å². The van der Waals surface area contributed by atoms with Crippen molar-refractivity contribution in [1.29, 1.82) is 0 Å². The Kier molecular flexibility index (Phi) is 5.07. The molecule has 2 aromatic carbocycles. The molecular weight excluding hydrogens is 280 g/mol.